The number of carbonyl (C=O) groups excluding carboxylic acids is 3. The number of rotatable bonds is 5. The van der Waals surface area contributed by atoms with Crippen molar-refractivity contribution in [1.82, 2.24) is 0 Å². The van der Waals surface area contributed by atoms with Gasteiger partial charge in [-0.15, -0.1) is 0 Å². The summed E-state index contributed by atoms with van der Waals surface area (Å²) in [6, 6.07) is 3.96. The van der Waals surface area contributed by atoms with Crippen LogP contribution in [0.25, 0.3) is 0 Å². The van der Waals surface area contributed by atoms with E-state index in [1.165, 1.54) is 25.3 Å². The number of phenolic OH excluding ortho intramolecular Hbond substituents is 1. The lowest BCUT2D eigenvalue weighted by Crippen LogP contribution is -2.19. The number of aromatic hydroxyl groups is 1. The molecule has 1 N–H and O–H groups in total. The molecule has 0 fully saturated rings. The van der Waals surface area contributed by atoms with Gasteiger partial charge in [0.15, 0.2) is 17.3 Å². The Kier molecular flexibility index (Phi) is 4.42. The lowest BCUT2D eigenvalue weighted by molar-refractivity contribution is -0.151. The lowest BCUT2D eigenvalue weighted by Gasteiger charge is -2.05. The van der Waals surface area contributed by atoms with E-state index in [0.717, 1.165) is 7.11 Å². The molecular weight excluding hydrogens is 240 g/mol. The fraction of sp³-hybridized carbons (Fsp3) is 0.250. The molecule has 0 saturated heterocycles. The molecular formula is C12H12O6. The molecule has 0 bridgehead atoms. The smallest absolute Gasteiger partial charge is 0.374 e. The minimum absolute atomic E-state index is 0.116. The van der Waals surface area contributed by atoms with Crippen LogP contribution in [0.15, 0.2) is 18.2 Å². The Morgan fingerprint density at radius 1 is 1.22 bits per heavy atom. The number of carbonyl (C=O) groups is 3. The van der Waals surface area contributed by atoms with Gasteiger partial charge in [0.25, 0.3) is 0 Å². The fourth-order valence-electron chi connectivity index (χ4n) is 1.30. The van der Waals surface area contributed by atoms with Gasteiger partial charge in [0.1, 0.15) is 0 Å². The van der Waals surface area contributed by atoms with Gasteiger partial charge in [-0.05, 0) is 18.2 Å². The highest BCUT2D eigenvalue weighted by atomic mass is 16.5. The van der Waals surface area contributed by atoms with Crippen LogP contribution >= 0.6 is 0 Å². The van der Waals surface area contributed by atoms with Crippen molar-refractivity contribution in [3.63, 3.8) is 0 Å². The number of ether oxygens (including phenoxy) is 2. The highest BCUT2D eigenvalue weighted by Gasteiger charge is 2.20. The van der Waals surface area contributed by atoms with Crippen LogP contribution in [0.1, 0.15) is 16.8 Å². The van der Waals surface area contributed by atoms with Gasteiger partial charge in [-0.1, -0.05) is 0 Å². The van der Waals surface area contributed by atoms with Gasteiger partial charge in [-0.25, -0.2) is 4.79 Å². The number of hydrogen-bond donors (Lipinski definition) is 1. The first kappa shape index (κ1) is 13.7. The molecule has 0 heterocycles. The van der Waals surface area contributed by atoms with Gasteiger partial charge < -0.3 is 14.6 Å². The predicted molar refractivity (Wildman–Crippen MR) is 60.6 cm³/mol. The summed E-state index contributed by atoms with van der Waals surface area (Å²) in [5.41, 5.74) is 0.116. The molecule has 1 aromatic rings. The first-order chi connectivity index (χ1) is 8.49. The van der Waals surface area contributed by atoms with Gasteiger partial charge in [0.2, 0.25) is 5.78 Å². The number of Topliss-reactive ketones (excluding diaryl/α,β-unsaturated/α-hetero) is 2. The number of hydrogen-bond acceptors (Lipinski definition) is 6. The molecule has 1 aromatic carbocycles. The first-order valence-corrected chi connectivity index (χ1v) is 5.01. The second-order valence-electron chi connectivity index (χ2n) is 3.40. The molecule has 0 aliphatic heterocycles. The monoisotopic (exact) mass is 252 g/mol. The Bertz CT molecular complexity index is 491. The third-order valence-electron chi connectivity index (χ3n) is 2.24. The summed E-state index contributed by atoms with van der Waals surface area (Å²) in [7, 11) is 2.43. The van der Waals surface area contributed by atoms with E-state index in [0.29, 0.717) is 0 Å². The summed E-state index contributed by atoms with van der Waals surface area (Å²) in [6.07, 6.45) is -0.599. The summed E-state index contributed by atoms with van der Waals surface area (Å²) in [5.74, 6) is -2.58. The Hall–Kier alpha value is -2.37. The number of ketones is 2. The molecule has 6 nitrogen and oxygen atoms in total. The number of phenols is 1. The van der Waals surface area contributed by atoms with Gasteiger partial charge in [-0.2, -0.15) is 0 Å². The Morgan fingerprint density at radius 2 is 1.89 bits per heavy atom. The van der Waals surface area contributed by atoms with Crippen molar-refractivity contribution in [3.05, 3.63) is 23.8 Å². The van der Waals surface area contributed by atoms with E-state index in [1.807, 2.05) is 0 Å². The van der Waals surface area contributed by atoms with Crippen molar-refractivity contribution < 1.29 is 29.0 Å². The zero-order valence-electron chi connectivity index (χ0n) is 9.93. The molecule has 0 unspecified atom stereocenters. The van der Waals surface area contributed by atoms with Gasteiger partial charge >= 0.3 is 5.97 Å². The molecule has 1 rings (SSSR count). The Balaban J connectivity index is 2.82. The molecule has 96 valence electrons. The second kappa shape index (κ2) is 5.81. The zero-order valence-corrected chi connectivity index (χ0v) is 9.93. The average molecular weight is 252 g/mol. The van der Waals surface area contributed by atoms with E-state index in [-0.39, 0.29) is 17.1 Å². The molecule has 0 atom stereocenters. The molecule has 0 aromatic heterocycles. The molecule has 0 amide bonds. The maximum atomic E-state index is 11.6. The van der Waals surface area contributed by atoms with Crippen LogP contribution < -0.4 is 4.74 Å². The van der Waals surface area contributed by atoms with Crippen LogP contribution in [0, 0.1) is 0 Å². The minimum Gasteiger partial charge on any atom is -0.504 e. The number of benzene rings is 1. The minimum atomic E-state index is -1.07. The summed E-state index contributed by atoms with van der Waals surface area (Å²) in [4.78, 5) is 33.7. The fourth-order valence-corrected chi connectivity index (χ4v) is 1.30. The van der Waals surface area contributed by atoms with Crippen LogP contribution in [0.4, 0.5) is 0 Å². The van der Waals surface area contributed by atoms with E-state index in [2.05, 4.69) is 4.74 Å². The third kappa shape index (κ3) is 3.07. The standard InChI is InChI=1S/C12H12O6/c1-17-11-4-3-7(5-9(11)14)8(13)6-10(15)12(16)18-2/h3-5,14H,6H2,1-2H3. The zero-order chi connectivity index (χ0) is 13.7. The van der Waals surface area contributed by atoms with Gasteiger partial charge in [-0.3, -0.25) is 9.59 Å². The molecule has 18 heavy (non-hydrogen) atoms. The average Bonchev–Trinajstić information content (AvgIpc) is 2.37. The Labute approximate surface area is 103 Å². The van der Waals surface area contributed by atoms with Gasteiger partial charge in [0, 0.05) is 5.56 Å². The van der Waals surface area contributed by atoms with Crippen molar-refractivity contribution in [1.29, 1.82) is 0 Å². The SMILES string of the molecule is COC(=O)C(=O)CC(=O)c1ccc(OC)c(O)c1. The van der Waals surface area contributed by atoms with Crippen molar-refractivity contribution >= 4 is 17.5 Å². The predicted octanol–water partition coefficient (Wildman–Crippen LogP) is 0.716. The highest BCUT2D eigenvalue weighted by Crippen LogP contribution is 2.26. The largest absolute Gasteiger partial charge is 0.504 e. The maximum absolute atomic E-state index is 11.6. The van der Waals surface area contributed by atoms with Crippen LogP contribution in [0.2, 0.25) is 0 Å². The van der Waals surface area contributed by atoms with Crippen LogP contribution in [-0.4, -0.2) is 36.9 Å². The van der Waals surface area contributed by atoms with E-state index in [1.54, 1.807) is 0 Å². The summed E-state index contributed by atoms with van der Waals surface area (Å²) >= 11 is 0. The quantitative estimate of drug-likeness (QED) is 0.359. The van der Waals surface area contributed by atoms with Crippen molar-refractivity contribution in [3.8, 4) is 11.5 Å². The van der Waals surface area contributed by atoms with E-state index < -0.39 is 24.0 Å². The van der Waals surface area contributed by atoms with E-state index in [4.69, 9.17) is 4.74 Å². The van der Waals surface area contributed by atoms with Crippen molar-refractivity contribution in [2.24, 2.45) is 0 Å². The van der Waals surface area contributed by atoms with Crippen molar-refractivity contribution in [2.45, 2.75) is 6.42 Å². The lowest BCUT2D eigenvalue weighted by atomic mass is 10.1. The normalized spacial score (nSPS) is 9.67. The van der Waals surface area contributed by atoms with Crippen LogP contribution in [-0.2, 0) is 14.3 Å². The third-order valence-corrected chi connectivity index (χ3v) is 2.24. The second-order valence-corrected chi connectivity index (χ2v) is 3.40. The summed E-state index contributed by atoms with van der Waals surface area (Å²) in [6.45, 7) is 0. The summed E-state index contributed by atoms with van der Waals surface area (Å²) < 4.78 is 9.01. The molecule has 6 heteroatoms. The topological polar surface area (TPSA) is 89.9 Å². The molecule has 0 saturated carbocycles. The number of methoxy groups -OCH3 is 2. The van der Waals surface area contributed by atoms with E-state index >= 15 is 0 Å². The maximum Gasteiger partial charge on any atom is 0.374 e. The molecule has 0 aliphatic rings. The van der Waals surface area contributed by atoms with Crippen LogP contribution in [0.3, 0.4) is 0 Å². The van der Waals surface area contributed by atoms with Crippen molar-refractivity contribution in [2.75, 3.05) is 14.2 Å². The Morgan fingerprint density at radius 3 is 2.39 bits per heavy atom. The first-order valence-electron chi connectivity index (χ1n) is 5.01. The molecule has 0 spiro atoms. The molecule has 0 aliphatic carbocycles. The van der Waals surface area contributed by atoms with Crippen LogP contribution in [0.5, 0.6) is 11.5 Å². The van der Waals surface area contributed by atoms with Gasteiger partial charge in [0.05, 0.1) is 20.6 Å². The van der Waals surface area contributed by atoms with E-state index in [9.17, 15) is 19.5 Å². The molecule has 0 radical (unpaired) electrons. The number of esters is 1. The highest BCUT2D eigenvalue weighted by molar-refractivity contribution is 6.38. The summed E-state index contributed by atoms with van der Waals surface area (Å²) in [5, 5.41) is 9.48.